The maximum atomic E-state index is 12.8. The first kappa shape index (κ1) is 22.0. The smallest absolute Gasteiger partial charge is 0.270 e. The van der Waals surface area contributed by atoms with Crippen molar-refractivity contribution in [3.05, 3.63) is 86.4 Å². The fourth-order valence-corrected chi connectivity index (χ4v) is 3.73. The lowest BCUT2D eigenvalue weighted by Gasteiger charge is -2.34. The first-order valence-corrected chi connectivity index (χ1v) is 10.5. The number of rotatable bonds is 5. The molecule has 166 valence electrons. The van der Waals surface area contributed by atoms with Crippen LogP contribution in [-0.2, 0) is 0 Å². The van der Waals surface area contributed by atoms with Crippen molar-refractivity contribution in [2.75, 3.05) is 31.1 Å². The first-order chi connectivity index (χ1) is 16.0. The van der Waals surface area contributed by atoms with Crippen LogP contribution in [0.1, 0.15) is 27.5 Å². The number of carbonyl (C=O) groups excluding carboxylic acids is 1. The highest BCUT2D eigenvalue weighted by Crippen LogP contribution is 2.25. The Hall–Kier alpha value is -4.16. The SMILES string of the molecule is N#Cc1nc(/C=C/c2cccc([N+](=O)[O-])c2)oc1N1CCN(C(=O)c2ccccc2Cl)CC1. The summed E-state index contributed by atoms with van der Waals surface area (Å²) < 4.78 is 5.79. The van der Waals surface area contributed by atoms with Gasteiger partial charge in [-0.15, -0.1) is 0 Å². The summed E-state index contributed by atoms with van der Waals surface area (Å²) in [6, 6.07) is 15.1. The van der Waals surface area contributed by atoms with Gasteiger partial charge in [0.25, 0.3) is 11.6 Å². The van der Waals surface area contributed by atoms with E-state index < -0.39 is 4.92 Å². The quantitative estimate of drug-likeness (QED) is 0.410. The number of amides is 1. The minimum absolute atomic E-state index is 0.0211. The molecule has 0 spiro atoms. The molecular weight excluding hydrogens is 446 g/mol. The van der Waals surface area contributed by atoms with E-state index >= 15 is 0 Å². The van der Waals surface area contributed by atoms with Gasteiger partial charge in [-0.2, -0.15) is 10.2 Å². The highest BCUT2D eigenvalue weighted by Gasteiger charge is 2.27. The zero-order valence-corrected chi connectivity index (χ0v) is 18.1. The van der Waals surface area contributed by atoms with Crippen molar-refractivity contribution < 1.29 is 14.1 Å². The van der Waals surface area contributed by atoms with Gasteiger partial charge in [0, 0.05) is 44.4 Å². The summed E-state index contributed by atoms with van der Waals surface area (Å²) in [6.07, 6.45) is 3.19. The number of nitro benzene ring substituents is 1. The van der Waals surface area contributed by atoms with Gasteiger partial charge in [-0.05, 0) is 23.8 Å². The molecule has 0 radical (unpaired) electrons. The van der Waals surface area contributed by atoms with E-state index in [1.54, 1.807) is 53.5 Å². The molecule has 3 aromatic rings. The van der Waals surface area contributed by atoms with Gasteiger partial charge in [0.2, 0.25) is 17.5 Å². The molecule has 1 aliphatic rings. The largest absolute Gasteiger partial charge is 0.420 e. The van der Waals surface area contributed by atoms with Crippen LogP contribution in [0.2, 0.25) is 5.02 Å². The topological polar surface area (TPSA) is 117 Å². The van der Waals surface area contributed by atoms with Crippen LogP contribution < -0.4 is 4.90 Å². The Bertz CT molecular complexity index is 1270. The molecular formula is C23H18ClN5O4. The molecule has 0 saturated carbocycles. The van der Waals surface area contributed by atoms with Crippen LogP contribution in [0.25, 0.3) is 12.2 Å². The Morgan fingerprint density at radius 2 is 1.91 bits per heavy atom. The van der Waals surface area contributed by atoms with Gasteiger partial charge in [0.1, 0.15) is 6.07 Å². The summed E-state index contributed by atoms with van der Waals surface area (Å²) in [5, 5.41) is 20.8. The second-order valence-electron chi connectivity index (χ2n) is 7.26. The highest BCUT2D eigenvalue weighted by molar-refractivity contribution is 6.33. The van der Waals surface area contributed by atoms with Gasteiger partial charge in [-0.1, -0.05) is 35.9 Å². The number of nitriles is 1. The summed E-state index contributed by atoms with van der Waals surface area (Å²) in [5.41, 5.74) is 1.18. The molecule has 2 heterocycles. The second kappa shape index (κ2) is 9.54. The normalized spacial score (nSPS) is 13.8. The molecule has 0 atom stereocenters. The van der Waals surface area contributed by atoms with E-state index in [1.807, 2.05) is 11.0 Å². The monoisotopic (exact) mass is 463 g/mol. The molecule has 10 heteroatoms. The van der Waals surface area contributed by atoms with Crippen molar-refractivity contribution in [3.8, 4) is 6.07 Å². The van der Waals surface area contributed by atoms with Crippen LogP contribution in [0.3, 0.4) is 0 Å². The van der Waals surface area contributed by atoms with E-state index in [9.17, 15) is 20.2 Å². The predicted octanol–water partition coefficient (Wildman–Crippen LogP) is 4.24. The number of hydrogen-bond acceptors (Lipinski definition) is 7. The Morgan fingerprint density at radius 1 is 1.15 bits per heavy atom. The van der Waals surface area contributed by atoms with Gasteiger partial charge in [-0.3, -0.25) is 14.9 Å². The number of nitrogens with zero attached hydrogens (tertiary/aromatic N) is 5. The Balaban J connectivity index is 1.46. The summed E-state index contributed by atoms with van der Waals surface area (Å²) in [6.45, 7) is 1.81. The molecule has 0 unspecified atom stereocenters. The standard InChI is InChI=1S/C23H18ClN5O4/c24-19-7-2-1-6-18(19)22(30)27-10-12-28(13-11-27)23-20(15-25)26-21(33-23)9-8-16-4-3-5-17(14-16)29(31)32/h1-9,14H,10-13H2/b9-8+. The second-order valence-corrected chi connectivity index (χ2v) is 7.67. The highest BCUT2D eigenvalue weighted by atomic mass is 35.5. The van der Waals surface area contributed by atoms with Gasteiger partial charge < -0.3 is 14.2 Å². The first-order valence-electron chi connectivity index (χ1n) is 10.1. The number of aromatic nitrogens is 1. The number of hydrogen-bond donors (Lipinski definition) is 0. The molecule has 4 rings (SSSR count). The van der Waals surface area contributed by atoms with Crippen LogP contribution in [0, 0.1) is 21.4 Å². The van der Waals surface area contributed by atoms with Crippen molar-refractivity contribution in [1.82, 2.24) is 9.88 Å². The maximum absolute atomic E-state index is 12.8. The number of halogens is 1. The third kappa shape index (κ3) is 4.86. The third-order valence-corrected chi connectivity index (χ3v) is 5.52. The molecule has 0 N–H and O–H groups in total. The number of carbonyl (C=O) groups is 1. The molecule has 1 amide bonds. The molecule has 1 aromatic heterocycles. The molecule has 1 fully saturated rings. The minimum Gasteiger partial charge on any atom is -0.420 e. The number of anilines is 1. The number of benzene rings is 2. The van der Waals surface area contributed by atoms with Crippen LogP contribution in [0.15, 0.2) is 52.9 Å². The lowest BCUT2D eigenvalue weighted by Crippen LogP contribution is -2.49. The van der Waals surface area contributed by atoms with Crippen molar-refractivity contribution in [2.24, 2.45) is 0 Å². The average molecular weight is 464 g/mol. The fourth-order valence-electron chi connectivity index (χ4n) is 3.51. The van der Waals surface area contributed by atoms with Crippen molar-refractivity contribution in [3.63, 3.8) is 0 Å². The van der Waals surface area contributed by atoms with E-state index in [4.69, 9.17) is 16.0 Å². The van der Waals surface area contributed by atoms with Gasteiger partial charge in [0.15, 0.2) is 0 Å². The zero-order valence-electron chi connectivity index (χ0n) is 17.3. The molecule has 0 bridgehead atoms. The van der Waals surface area contributed by atoms with Crippen LogP contribution in [0.5, 0.6) is 0 Å². The van der Waals surface area contributed by atoms with Crippen LogP contribution in [0.4, 0.5) is 11.6 Å². The lowest BCUT2D eigenvalue weighted by molar-refractivity contribution is -0.384. The van der Waals surface area contributed by atoms with E-state index in [1.165, 1.54) is 12.1 Å². The third-order valence-electron chi connectivity index (χ3n) is 5.19. The number of piperazine rings is 1. The average Bonchev–Trinajstić information content (AvgIpc) is 3.26. The van der Waals surface area contributed by atoms with Crippen molar-refractivity contribution >= 4 is 41.2 Å². The molecule has 1 saturated heterocycles. The van der Waals surface area contributed by atoms with Gasteiger partial charge >= 0.3 is 0 Å². The predicted molar refractivity (Wildman–Crippen MR) is 123 cm³/mol. The summed E-state index contributed by atoms with van der Waals surface area (Å²) in [4.78, 5) is 31.0. The molecule has 0 aliphatic carbocycles. The fraction of sp³-hybridized carbons (Fsp3) is 0.174. The molecule has 9 nitrogen and oxygen atoms in total. The Kier molecular flexibility index (Phi) is 6.38. The maximum Gasteiger partial charge on any atom is 0.270 e. The Labute approximate surface area is 194 Å². The lowest BCUT2D eigenvalue weighted by atomic mass is 10.2. The molecule has 33 heavy (non-hydrogen) atoms. The van der Waals surface area contributed by atoms with Crippen molar-refractivity contribution in [2.45, 2.75) is 0 Å². The number of nitro groups is 1. The van der Waals surface area contributed by atoms with E-state index in [0.29, 0.717) is 48.2 Å². The van der Waals surface area contributed by atoms with E-state index in [0.717, 1.165) is 0 Å². The van der Waals surface area contributed by atoms with E-state index in [2.05, 4.69) is 4.98 Å². The van der Waals surface area contributed by atoms with Crippen molar-refractivity contribution in [1.29, 1.82) is 5.26 Å². The van der Waals surface area contributed by atoms with Crippen LogP contribution >= 0.6 is 11.6 Å². The number of non-ortho nitro benzene ring substituents is 1. The molecule has 1 aliphatic heterocycles. The zero-order chi connectivity index (χ0) is 23.4. The Morgan fingerprint density at radius 3 is 2.61 bits per heavy atom. The minimum atomic E-state index is -0.468. The van der Waals surface area contributed by atoms with Crippen LogP contribution in [-0.4, -0.2) is 46.9 Å². The summed E-state index contributed by atoms with van der Waals surface area (Å²) in [7, 11) is 0. The van der Waals surface area contributed by atoms with Gasteiger partial charge in [-0.25, -0.2) is 0 Å². The number of oxazole rings is 1. The van der Waals surface area contributed by atoms with Gasteiger partial charge in [0.05, 0.1) is 15.5 Å². The van der Waals surface area contributed by atoms with E-state index in [-0.39, 0.29) is 23.2 Å². The summed E-state index contributed by atoms with van der Waals surface area (Å²) in [5.74, 6) is 0.405. The summed E-state index contributed by atoms with van der Waals surface area (Å²) >= 11 is 6.15. The molecule has 2 aromatic carbocycles.